The van der Waals surface area contributed by atoms with E-state index in [0.717, 1.165) is 16.9 Å². The van der Waals surface area contributed by atoms with Crippen molar-refractivity contribution in [2.75, 3.05) is 21.2 Å². The third-order valence-electron chi connectivity index (χ3n) is 4.43. The van der Waals surface area contributed by atoms with Crippen LogP contribution in [0, 0.1) is 4.84 Å². The highest BCUT2D eigenvalue weighted by atomic mass is 32.1. The molecule has 8 heteroatoms. The number of nitrogens with one attached hydrogen (secondary N) is 1. The van der Waals surface area contributed by atoms with Gasteiger partial charge in [0, 0.05) is 19.2 Å². The third kappa shape index (κ3) is 5.52. The van der Waals surface area contributed by atoms with Crippen molar-refractivity contribution >= 4 is 18.1 Å². The summed E-state index contributed by atoms with van der Waals surface area (Å²) >= 11 is 5.31. The summed E-state index contributed by atoms with van der Waals surface area (Å²) in [6.45, 7) is 1.19. The molecule has 29 heavy (non-hydrogen) atoms. The fraction of sp³-hybridized carbons (Fsp3) is 0.286. The van der Waals surface area contributed by atoms with E-state index in [4.69, 9.17) is 21.4 Å². The van der Waals surface area contributed by atoms with Gasteiger partial charge in [-0.25, -0.2) is 4.68 Å². The number of carbonyl (C=O) groups is 1. The van der Waals surface area contributed by atoms with Gasteiger partial charge in [-0.3, -0.25) is 9.69 Å². The predicted octanol–water partition coefficient (Wildman–Crippen LogP) is 3.25. The van der Waals surface area contributed by atoms with Crippen LogP contribution in [0.3, 0.4) is 0 Å². The van der Waals surface area contributed by atoms with Gasteiger partial charge in [0.1, 0.15) is 5.75 Å². The molecule has 1 aromatic heterocycles. The van der Waals surface area contributed by atoms with Gasteiger partial charge in [0.25, 0.3) is 10.7 Å². The number of nitrogens with zero attached hydrogens (tertiary/aromatic N) is 3. The van der Waals surface area contributed by atoms with E-state index >= 15 is 0 Å². The Morgan fingerprint density at radius 1 is 1.17 bits per heavy atom. The lowest BCUT2D eigenvalue weighted by Crippen LogP contribution is -2.22. The Morgan fingerprint density at radius 2 is 1.83 bits per heavy atom. The van der Waals surface area contributed by atoms with Gasteiger partial charge in [0.05, 0.1) is 20.2 Å². The Bertz CT molecular complexity index is 1010. The molecule has 0 aliphatic heterocycles. The maximum absolute atomic E-state index is 11.6. The smallest absolute Gasteiger partial charge is 0.288 e. The van der Waals surface area contributed by atoms with E-state index < -0.39 is 0 Å². The zero-order chi connectivity index (χ0) is 20.8. The quantitative estimate of drug-likeness (QED) is 0.573. The highest BCUT2D eigenvalue weighted by molar-refractivity contribution is 7.71. The molecule has 1 heterocycles. The molecule has 0 bridgehead atoms. The maximum Gasteiger partial charge on any atom is 0.288 e. The van der Waals surface area contributed by atoms with Crippen LogP contribution in [0.25, 0.3) is 0 Å². The number of ether oxygens (including phenoxy) is 1. The minimum Gasteiger partial charge on any atom is -0.497 e. The van der Waals surface area contributed by atoms with Crippen molar-refractivity contribution in [3.63, 3.8) is 0 Å². The van der Waals surface area contributed by atoms with E-state index in [1.807, 2.05) is 55.6 Å². The van der Waals surface area contributed by atoms with Gasteiger partial charge in [0.15, 0.2) is 0 Å². The summed E-state index contributed by atoms with van der Waals surface area (Å²) in [6.07, 6.45) is 0.561. The van der Waals surface area contributed by atoms with Crippen LogP contribution >= 0.6 is 12.2 Å². The fourth-order valence-electron chi connectivity index (χ4n) is 2.92. The van der Waals surface area contributed by atoms with E-state index in [1.54, 1.807) is 18.8 Å². The van der Waals surface area contributed by atoms with E-state index in [-0.39, 0.29) is 5.91 Å². The SMILES string of the molecule is CNC(=O)c1ccc(CN(C)Cn2nc(Cc3ccc(OC)cc3)oc2=S)cc1. The van der Waals surface area contributed by atoms with Gasteiger partial charge in [-0.15, -0.1) is 5.10 Å². The summed E-state index contributed by atoms with van der Waals surface area (Å²) in [7, 11) is 5.24. The number of hydrogen-bond acceptors (Lipinski definition) is 6. The lowest BCUT2D eigenvalue weighted by atomic mass is 10.1. The summed E-state index contributed by atoms with van der Waals surface area (Å²) in [5.74, 6) is 1.29. The van der Waals surface area contributed by atoms with Crippen LogP contribution in [0.4, 0.5) is 0 Å². The van der Waals surface area contributed by atoms with E-state index in [2.05, 4.69) is 15.3 Å². The van der Waals surface area contributed by atoms with Crippen LogP contribution in [0.1, 0.15) is 27.4 Å². The number of hydrogen-bond donors (Lipinski definition) is 1. The van der Waals surface area contributed by atoms with Gasteiger partial charge < -0.3 is 14.5 Å². The van der Waals surface area contributed by atoms with E-state index in [1.165, 1.54) is 0 Å². The number of benzene rings is 2. The molecule has 0 radical (unpaired) electrons. The van der Waals surface area contributed by atoms with E-state index in [9.17, 15) is 4.79 Å². The second-order valence-electron chi connectivity index (χ2n) is 6.72. The van der Waals surface area contributed by atoms with Crippen LogP contribution in [-0.4, -0.2) is 41.8 Å². The summed E-state index contributed by atoms with van der Waals surface area (Å²) in [4.78, 5) is 14.0. The molecule has 0 atom stereocenters. The molecule has 2 aromatic carbocycles. The van der Waals surface area contributed by atoms with Crippen molar-refractivity contribution in [1.29, 1.82) is 0 Å². The minimum atomic E-state index is -0.0943. The molecular formula is C21H24N4O3S. The zero-order valence-electron chi connectivity index (χ0n) is 16.7. The normalized spacial score (nSPS) is 10.9. The fourth-order valence-corrected chi connectivity index (χ4v) is 3.12. The number of aromatic nitrogens is 2. The Kier molecular flexibility index (Phi) is 6.79. The lowest BCUT2D eigenvalue weighted by Gasteiger charge is -2.16. The van der Waals surface area contributed by atoms with Crippen molar-refractivity contribution in [2.45, 2.75) is 19.6 Å². The number of methoxy groups -OCH3 is 1. The molecule has 3 aromatic rings. The monoisotopic (exact) mass is 412 g/mol. The Morgan fingerprint density at radius 3 is 2.45 bits per heavy atom. The molecule has 1 N–H and O–H groups in total. The third-order valence-corrected chi connectivity index (χ3v) is 4.73. The molecular weight excluding hydrogens is 388 g/mol. The van der Waals surface area contributed by atoms with Crippen molar-refractivity contribution in [2.24, 2.45) is 0 Å². The number of rotatable bonds is 8. The molecule has 1 amide bonds. The molecule has 0 unspecified atom stereocenters. The molecule has 3 rings (SSSR count). The standard InChI is InChI=1S/C21H24N4O3S/c1-22-20(26)17-8-4-16(5-9-17)13-24(2)14-25-21(29)28-19(23-25)12-15-6-10-18(27-3)11-7-15/h4-11H,12-14H2,1-3H3,(H,22,26). The molecule has 0 spiro atoms. The molecule has 0 saturated heterocycles. The van der Waals surface area contributed by atoms with Crippen LogP contribution in [0.2, 0.25) is 0 Å². The summed E-state index contributed by atoms with van der Waals surface area (Å²) in [5, 5.41) is 7.11. The summed E-state index contributed by atoms with van der Waals surface area (Å²) in [6, 6.07) is 15.3. The molecule has 0 fully saturated rings. The first-order valence-corrected chi connectivity index (χ1v) is 9.58. The Balaban J connectivity index is 1.61. The van der Waals surface area contributed by atoms with Gasteiger partial charge in [0.2, 0.25) is 5.89 Å². The Hall–Kier alpha value is -2.97. The lowest BCUT2D eigenvalue weighted by molar-refractivity contribution is 0.0963. The number of carbonyl (C=O) groups excluding carboxylic acids is 1. The molecule has 152 valence electrons. The highest BCUT2D eigenvalue weighted by Crippen LogP contribution is 2.15. The average Bonchev–Trinajstić information content (AvgIpc) is 3.07. The van der Waals surface area contributed by atoms with Gasteiger partial charge in [-0.05, 0) is 54.7 Å². The van der Waals surface area contributed by atoms with Crippen LogP contribution in [-0.2, 0) is 19.6 Å². The second kappa shape index (κ2) is 9.49. The number of amides is 1. The zero-order valence-corrected chi connectivity index (χ0v) is 17.5. The first kappa shape index (κ1) is 20.8. The molecule has 0 saturated carbocycles. The Labute approximate surface area is 174 Å². The minimum absolute atomic E-state index is 0.0943. The molecule has 0 aliphatic carbocycles. The van der Waals surface area contributed by atoms with Crippen molar-refractivity contribution in [3.05, 3.63) is 75.9 Å². The first-order chi connectivity index (χ1) is 14.0. The van der Waals surface area contributed by atoms with Crippen LogP contribution < -0.4 is 10.1 Å². The molecule has 7 nitrogen and oxygen atoms in total. The largest absolute Gasteiger partial charge is 0.497 e. The van der Waals surface area contributed by atoms with Crippen molar-refractivity contribution in [1.82, 2.24) is 20.0 Å². The summed E-state index contributed by atoms with van der Waals surface area (Å²) in [5.41, 5.74) is 2.80. The average molecular weight is 413 g/mol. The van der Waals surface area contributed by atoms with Crippen molar-refractivity contribution in [3.8, 4) is 5.75 Å². The maximum atomic E-state index is 11.6. The highest BCUT2D eigenvalue weighted by Gasteiger charge is 2.10. The van der Waals surface area contributed by atoms with E-state index in [0.29, 0.717) is 35.9 Å². The van der Waals surface area contributed by atoms with Crippen LogP contribution in [0.15, 0.2) is 52.9 Å². The van der Waals surface area contributed by atoms with Gasteiger partial charge in [-0.1, -0.05) is 24.3 Å². The first-order valence-electron chi connectivity index (χ1n) is 9.18. The summed E-state index contributed by atoms with van der Waals surface area (Å²) < 4.78 is 12.5. The van der Waals surface area contributed by atoms with Gasteiger partial charge in [-0.2, -0.15) is 0 Å². The topological polar surface area (TPSA) is 72.5 Å². The second-order valence-corrected chi connectivity index (χ2v) is 7.07. The molecule has 0 aliphatic rings. The van der Waals surface area contributed by atoms with Crippen LogP contribution in [0.5, 0.6) is 5.75 Å². The van der Waals surface area contributed by atoms with Gasteiger partial charge >= 0.3 is 0 Å². The predicted molar refractivity (Wildman–Crippen MR) is 112 cm³/mol. The van der Waals surface area contributed by atoms with Crippen molar-refractivity contribution < 1.29 is 13.9 Å².